The second-order valence-electron chi connectivity index (χ2n) is 5.14. The Morgan fingerprint density at radius 1 is 0.905 bits per heavy atom. The summed E-state index contributed by atoms with van der Waals surface area (Å²) in [6.07, 6.45) is 2.22. The van der Waals surface area contributed by atoms with E-state index in [1.54, 1.807) is 11.8 Å². The molecule has 3 rings (SSSR count). The minimum atomic E-state index is -0.463. The van der Waals surface area contributed by atoms with Crippen molar-refractivity contribution in [3.8, 4) is 0 Å². The number of aliphatic hydroxyl groups is 1. The van der Waals surface area contributed by atoms with Gasteiger partial charge in [0.25, 0.3) is 0 Å². The van der Waals surface area contributed by atoms with Crippen LogP contribution >= 0.6 is 11.8 Å². The predicted molar refractivity (Wildman–Crippen MR) is 90.8 cm³/mol. The molecule has 0 heterocycles. The van der Waals surface area contributed by atoms with Crippen molar-refractivity contribution in [2.24, 2.45) is 0 Å². The lowest BCUT2D eigenvalue weighted by molar-refractivity contribution is 0.175. The third-order valence-electron chi connectivity index (χ3n) is 3.74. The Balaban J connectivity index is 1.87. The number of hydrogen-bond acceptors (Lipinski definition) is 2. The van der Waals surface area contributed by atoms with Crippen LogP contribution in [0.4, 0.5) is 0 Å². The molecule has 0 saturated heterocycles. The highest BCUT2D eigenvalue weighted by molar-refractivity contribution is 7.98. The number of thioether (sulfide) groups is 1. The van der Waals surface area contributed by atoms with Gasteiger partial charge in [0, 0.05) is 11.3 Å². The average molecular weight is 294 g/mol. The number of fused-ring (bicyclic) bond motifs is 1. The van der Waals surface area contributed by atoms with E-state index < -0.39 is 6.10 Å². The van der Waals surface area contributed by atoms with Crippen molar-refractivity contribution in [2.45, 2.75) is 17.4 Å². The molecule has 0 aliphatic carbocycles. The summed E-state index contributed by atoms with van der Waals surface area (Å²) in [4.78, 5) is 1.14. The fraction of sp³-hybridized carbons (Fsp3) is 0.158. The van der Waals surface area contributed by atoms with Gasteiger partial charge in [-0.3, -0.25) is 0 Å². The zero-order chi connectivity index (χ0) is 14.7. The van der Waals surface area contributed by atoms with Crippen molar-refractivity contribution < 1.29 is 5.11 Å². The van der Waals surface area contributed by atoms with E-state index in [9.17, 15) is 5.11 Å². The summed E-state index contributed by atoms with van der Waals surface area (Å²) in [5, 5.41) is 13.0. The molecule has 3 aromatic rings. The van der Waals surface area contributed by atoms with Crippen LogP contribution in [0.2, 0.25) is 0 Å². The highest BCUT2D eigenvalue weighted by Gasteiger charge is 2.12. The normalized spacial score (nSPS) is 12.5. The van der Waals surface area contributed by atoms with E-state index in [1.165, 1.54) is 10.8 Å². The van der Waals surface area contributed by atoms with Gasteiger partial charge >= 0.3 is 0 Å². The number of aliphatic hydroxyl groups excluding tert-OH is 1. The molecule has 0 radical (unpaired) electrons. The summed E-state index contributed by atoms with van der Waals surface area (Å²) < 4.78 is 0. The van der Waals surface area contributed by atoms with Crippen LogP contribution in [0.5, 0.6) is 0 Å². The van der Waals surface area contributed by atoms with Gasteiger partial charge in [0.2, 0.25) is 0 Å². The molecule has 0 bridgehead atoms. The standard InChI is InChI=1S/C19H18OS/c1-21-19-9-5-4-8-17(19)18(20)13-14-10-11-15-6-2-3-7-16(15)12-14/h2-12,18,20H,13H2,1H3. The minimum absolute atomic E-state index is 0.463. The minimum Gasteiger partial charge on any atom is -0.388 e. The molecule has 1 unspecified atom stereocenters. The van der Waals surface area contributed by atoms with E-state index in [0.717, 1.165) is 16.0 Å². The first-order chi connectivity index (χ1) is 10.3. The Labute approximate surface area is 129 Å². The summed E-state index contributed by atoms with van der Waals surface area (Å²) in [5.74, 6) is 0. The second kappa shape index (κ2) is 6.33. The Bertz CT molecular complexity index is 751. The maximum absolute atomic E-state index is 10.5. The van der Waals surface area contributed by atoms with Crippen molar-refractivity contribution in [2.75, 3.05) is 6.26 Å². The van der Waals surface area contributed by atoms with Gasteiger partial charge in [-0.15, -0.1) is 11.8 Å². The van der Waals surface area contributed by atoms with Crippen LogP contribution in [0.15, 0.2) is 71.6 Å². The topological polar surface area (TPSA) is 20.2 Å². The SMILES string of the molecule is CSc1ccccc1C(O)Cc1ccc2ccccc2c1. The van der Waals surface area contributed by atoms with Crippen molar-refractivity contribution in [1.82, 2.24) is 0 Å². The molecule has 0 aliphatic rings. The molecule has 2 heteroatoms. The van der Waals surface area contributed by atoms with Crippen molar-refractivity contribution in [1.29, 1.82) is 0 Å². The van der Waals surface area contributed by atoms with Gasteiger partial charge in [-0.1, -0.05) is 60.7 Å². The van der Waals surface area contributed by atoms with Crippen LogP contribution in [0.3, 0.4) is 0 Å². The molecule has 0 aromatic heterocycles. The quantitative estimate of drug-likeness (QED) is 0.695. The first-order valence-corrected chi connectivity index (χ1v) is 8.29. The van der Waals surface area contributed by atoms with Crippen LogP contribution in [-0.4, -0.2) is 11.4 Å². The predicted octanol–water partition coefficient (Wildman–Crippen LogP) is 4.84. The van der Waals surface area contributed by atoms with Crippen molar-refractivity contribution in [3.63, 3.8) is 0 Å². The maximum Gasteiger partial charge on any atom is 0.0841 e. The molecular weight excluding hydrogens is 276 g/mol. The van der Waals surface area contributed by atoms with E-state index in [-0.39, 0.29) is 0 Å². The van der Waals surface area contributed by atoms with Gasteiger partial charge in [0.05, 0.1) is 6.10 Å². The summed E-state index contributed by atoms with van der Waals surface area (Å²) in [7, 11) is 0. The molecule has 0 fully saturated rings. The van der Waals surface area contributed by atoms with Gasteiger partial charge in [-0.25, -0.2) is 0 Å². The van der Waals surface area contributed by atoms with E-state index in [0.29, 0.717) is 6.42 Å². The van der Waals surface area contributed by atoms with E-state index in [4.69, 9.17) is 0 Å². The highest BCUT2D eigenvalue weighted by Crippen LogP contribution is 2.28. The summed E-state index contributed by atoms with van der Waals surface area (Å²) >= 11 is 1.68. The number of rotatable bonds is 4. The zero-order valence-electron chi connectivity index (χ0n) is 12.0. The Morgan fingerprint density at radius 3 is 2.43 bits per heavy atom. The van der Waals surface area contributed by atoms with E-state index in [1.807, 2.05) is 36.6 Å². The molecular formula is C19H18OS. The highest BCUT2D eigenvalue weighted by atomic mass is 32.2. The summed E-state index contributed by atoms with van der Waals surface area (Å²) in [5.41, 5.74) is 2.18. The molecule has 0 saturated carbocycles. The smallest absolute Gasteiger partial charge is 0.0841 e. The first kappa shape index (κ1) is 14.2. The Kier molecular flexibility index (Phi) is 4.28. The summed E-state index contributed by atoms with van der Waals surface area (Å²) in [6.45, 7) is 0. The van der Waals surface area contributed by atoms with Crippen LogP contribution < -0.4 is 0 Å². The van der Waals surface area contributed by atoms with E-state index >= 15 is 0 Å². The molecule has 1 nitrogen and oxygen atoms in total. The number of hydrogen-bond donors (Lipinski definition) is 1. The van der Waals surface area contributed by atoms with Gasteiger partial charge in [0.1, 0.15) is 0 Å². The number of benzene rings is 3. The van der Waals surface area contributed by atoms with Crippen LogP contribution in [0.25, 0.3) is 10.8 Å². The second-order valence-corrected chi connectivity index (χ2v) is 5.99. The average Bonchev–Trinajstić information content (AvgIpc) is 2.54. The summed E-state index contributed by atoms with van der Waals surface area (Å²) in [6, 6.07) is 22.8. The lowest BCUT2D eigenvalue weighted by Crippen LogP contribution is -2.03. The fourth-order valence-corrected chi connectivity index (χ4v) is 3.30. The molecule has 1 atom stereocenters. The largest absolute Gasteiger partial charge is 0.388 e. The Hall–Kier alpha value is -1.77. The van der Waals surface area contributed by atoms with Gasteiger partial charge in [-0.2, -0.15) is 0 Å². The molecule has 0 spiro atoms. The first-order valence-electron chi connectivity index (χ1n) is 7.06. The van der Waals surface area contributed by atoms with Gasteiger partial charge < -0.3 is 5.11 Å². The Morgan fingerprint density at radius 2 is 1.62 bits per heavy atom. The maximum atomic E-state index is 10.5. The monoisotopic (exact) mass is 294 g/mol. The van der Waals surface area contributed by atoms with Crippen LogP contribution in [-0.2, 0) is 6.42 Å². The van der Waals surface area contributed by atoms with Crippen LogP contribution in [0.1, 0.15) is 17.2 Å². The molecule has 21 heavy (non-hydrogen) atoms. The molecule has 106 valence electrons. The van der Waals surface area contributed by atoms with E-state index in [2.05, 4.69) is 36.4 Å². The van der Waals surface area contributed by atoms with Gasteiger partial charge in [0.15, 0.2) is 0 Å². The van der Waals surface area contributed by atoms with Crippen molar-refractivity contribution >= 4 is 22.5 Å². The van der Waals surface area contributed by atoms with Gasteiger partial charge in [-0.05, 0) is 34.2 Å². The lowest BCUT2D eigenvalue weighted by atomic mass is 9.99. The third-order valence-corrected chi connectivity index (χ3v) is 4.55. The third kappa shape index (κ3) is 3.12. The molecule has 3 aromatic carbocycles. The molecule has 0 amide bonds. The fourth-order valence-electron chi connectivity index (χ4n) is 2.64. The molecule has 1 N–H and O–H groups in total. The lowest BCUT2D eigenvalue weighted by Gasteiger charge is -2.15. The zero-order valence-corrected chi connectivity index (χ0v) is 12.8. The molecule has 0 aliphatic heterocycles. The van der Waals surface area contributed by atoms with Crippen molar-refractivity contribution in [3.05, 3.63) is 77.9 Å². The van der Waals surface area contributed by atoms with Crippen LogP contribution in [0, 0.1) is 0 Å².